The molecule has 3 aromatic carbocycles. The molecule has 0 atom stereocenters. The molecular weight excluding hydrogens is 454 g/mol. The van der Waals surface area contributed by atoms with E-state index < -0.39 is 15.7 Å². The van der Waals surface area contributed by atoms with Crippen LogP contribution in [0.4, 0.5) is 11.4 Å². The molecule has 0 saturated carbocycles. The predicted molar refractivity (Wildman–Crippen MR) is 121 cm³/mol. The van der Waals surface area contributed by atoms with Gasteiger partial charge in [0.05, 0.1) is 15.6 Å². The summed E-state index contributed by atoms with van der Waals surface area (Å²) in [6, 6.07) is 15.2. The first-order chi connectivity index (χ1) is 15.2. The highest BCUT2D eigenvalue weighted by Crippen LogP contribution is 2.27. The van der Waals surface area contributed by atoms with Crippen molar-refractivity contribution in [2.45, 2.75) is 4.90 Å². The number of nitrogens with zero attached hydrogens (tertiary/aromatic N) is 2. The van der Waals surface area contributed by atoms with Gasteiger partial charge in [-0.25, -0.2) is 8.42 Å². The number of H-pyrrole nitrogens is 1. The molecule has 32 heavy (non-hydrogen) atoms. The third-order valence-corrected chi connectivity index (χ3v) is 6.00. The number of fused-ring (bicyclic) bond motifs is 1. The Kier molecular flexibility index (Phi) is 5.64. The molecule has 4 aromatic rings. The molecule has 162 valence electrons. The highest BCUT2D eigenvalue weighted by Gasteiger charge is 2.14. The van der Waals surface area contributed by atoms with Crippen molar-refractivity contribution < 1.29 is 18.0 Å². The summed E-state index contributed by atoms with van der Waals surface area (Å²) < 4.78 is 23.4. The standard InChI is InChI=1S/C21H16ClN5O4S/c1-32(30,31)15-4-2-3-12(9-15)21(29)24-17-8-6-14(11-16(17)22)23-20(28)13-5-7-18-19(10-13)26-27-25-18/h2-11H,1H3,(H,23,28)(H,24,29)(H,25,26,27). The minimum atomic E-state index is -3.44. The van der Waals surface area contributed by atoms with Gasteiger partial charge in [-0.3, -0.25) is 9.59 Å². The minimum absolute atomic E-state index is 0.0399. The number of nitrogens with one attached hydrogen (secondary N) is 3. The topological polar surface area (TPSA) is 134 Å². The normalized spacial score (nSPS) is 11.3. The molecule has 0 aliphatic carbocycles. The second-order valence-corrected chi connectivity index (χ2v) is 9.35. The van der Waals surface area contributed by atoms with Crippen LogP contribution < -0.4 is 10.6 Å². The molecule has 3 N–H and O–H groups in total. The average molecular weight is 470 g/mol. The van der Waals surface area contributed by atoms with E-state index >= 15 is 0 Å². The number of anilines is 2. The van der Waals surface area contributed by atoms with E-state index in [1.165, 1.54) is 36.4 Å². The van der Waals surface area contributed by atoms with Gasteiger partial charge < -0.3 is 10.6 Å². The molecule has 1 aromatic heterocycles. The van der Waals surface area contributed by atoms with Gasteiger partial charge in [0.15, 0.2) is 9.84 Å². The van der Waals surface area contributed by atoms with Crippen LogP contribution in [0.2, 0.25) is 5.02 Å². The zero-order valence-electron chi connectivity index (χ0n) is 16.6. The van der Waals surface area contributed by atoms with E-state index in [9.17, 15) is 18.0 Å². The fraction of sp³-hybridized carbons (Fsp3) is 0.0476. The SMILES string of the molecule is CS(=O)(=O)c1cccc(C(=O)Nc2ccc(NC(=O)c3ccc4n[nH]nc4c3)cc2Cl)c1. The Balaban J connectivity index is 1.48. The number of halogens is 1. The summed E-state index contributed by atoms with van der Waals surface area (Å²) >= 11 is 6.27. The lowest BCUT2D eigenvalue weighted by Gasteiger charge is -2.11. The average Bonchev–Trinajstić information content (AvgIpc) is 3.23. The van der Waals surface area contributed by atoms with Gasteiger partial charge in [0.25, 0.3) is 11.8 Å². The van der Waals surface area contributed by atoms with E-state index in [2.05, 4.69) is 26.0 Å². The van der Waals surface area contributed by atoms with E-state index in [-0.39, 0.29) is 21.4 Å². The van der Waals surface area contributed by atoms with E-state index in [0.717, 1.165) is 6.26 Å². The van der Waals surface area contributed by atoms with Crippen molar-refractivity contribution >= 4 is 55.7 Å². The van der Waals surface area contributed by atoms with Gasteiger partial charge >= 0.3 is 0 Å². The van der Waals surface area contributed by atoms with Gasteiger partial charge in [-0.2, -0.15) is 15.4 Å². The van der Waals surface area contributed by atoms with Crippen molar-refractivity contribution in [2.24, 2.45) is 0 Å². The first-order valence-corrected chi connectivity index (χ1v) is 11.5. The van der Waals surface area contributed by atoms with Crippen LogP contribution in [0.25, 0.3) is 11.0 Å². The monoisotopic (exact) mass is 469 g/mol. The zero-order chi connectivity index (χ0) is 22.9. The predicted octanol–water partition coefficient (Wildman–Crippen LogP) is 3.52. The first kappa shape index (κ1) is 21.5. The third kappa shape index (κ3) is 4.61. The maximum Gasteiger partial charge on any atom is 0.255 e. The van der Waals surface area contributed by atoms with E-state index in [1.807, 2.05) is 0 Å². The molecule has 4 rings (SSSR count). The Morgan fingerprint density at radius 1 is 0.875 bits per heavy atom. The van der Waals surface area contributed by atoms with Crippen LogP contribution in [0.5, 0.6) is 0 Å². The molecule has 2 amide bonds. The molecule has 0 unspecified atom stereocenters. The number of sulfone groups is 1. The van der Waals surface area contributed by atoms with Gasteiger partial charge in [-0.05, 0) is 54.6 Å². The highest BCUT2D eigenvalue weighted by atomic mass is 35.5. The maximum absolute atomic E-state index is 12.5. The number of amides is 2. The zero-order valence-corrected chi connectivity index (χ0v) is 18.2. The van der Waals surface area contributed by atoms with Gasteiger partial charge in [0, 0.05) is 23.1 Å². The molecule has 0 spiro atoms. The summed E-state index contributed by atoms with van der Waals surface area (Å²) in [5.74, 6) is -0.879. The second-order valence-electron chi connectivity index (χ2n) is 6.93. The van der Waals surface area contributed by atoms with Crippen LogP contribution in [0.15, 0.2) is 65.6 Å². The molecule has 11 heteroatoms. The van der Waals surface area contributed by atoms with Crippen LogP contribution in [0.3, 0.4) is 0 Å². The molecule has 1 heterocycles. The Bertz CT molecular complexity index is 1470. The summed E-state index contributed by atoms with van der Waals surface area (Å²) in [7, 11) is -3.44. The van der Waals surface area contributed by atoms with Crippen molar-refractivity contribution in [3.63, 3.8) is 0 Å². The van der Waals surface area contributed by atoms with Crippen LogP contribution in [0.1, 0.15) is 20.7 Å². The van der Waals surface area contributed by atoms with Crippen molar-refractivity contribution in [1.82, 2.24) is 15.4 Å². The molecule has 9 nitrogen and oxygen atoms in total. The molecule has 0 bridgehead atoms. The Hall–Kier alpha value is -3.76. The number of rotatable bonds is 5. The van der Waals surface area contributed by atoms with Crippen molar-refractivity contribution in [3.05, 3.63) is 76.8 Å². The van der Waals surface area contributed by atoms with E-state index in [4.69, 9.17) is 11.6 Å². The molecular formula is C21H16ClN5O4S. The van der Waals surface area contributed by atoms with E-state index in [0.29, 0.717) is 28.0 Å². The summed E-state index contributed by atoms with van der Waals surface area (Å²) in [6.45, 7) is 0. The van der Waals surface area contributed by atoms with Crippen molar-refractivity contribution in [2.75, 3.05) is 16.9 Å². The summed E-state index contributed by atoms with van der Waals surface area (Å²) in [4.78, 5) is 25.1. The van der Waals surface area contributed by atoms with Crippen LogP contribution in [0, 0.1) is 0 Å². The smallest absolute Gasteiger partial charge is 0.255 e. The van der Waals surface area contributed by atoms with Crippen molar-refractivity contribution in [3.8, 4) is 0 Å². The maximum atomic E-state index is 12.5. The van der Waals surface area contributed by atoms with Gasteiger partial charge in [0.2, 0.25) is 0 Å². The summed E-state index contributed by atoms with van der Waals surface area (Å²) in [5.41, 5.74) is 2.51. The molecule has 0 aliphatic heterocycles. The minimum Gasteiger partial charge on any atom is -0.322 e. The molecule has 0 radical (unpaired) electrons. The van der Waals surface area contributed by atoms with Gasteiger partial charge in [-0.15, -0.1) is 0 Å². The fourth-order valence-corrected chi connectivity index (χ4v) is 3.84. The summed E-state index contributed by atoms with van der Waals surface area (Å²) in [6.07, 6.45) is 1.07. The first-order valence-electron chi connectivity index (χ1n) is 9.23. The Labute approximate surface area is 187 Å². The Morgan fingerprint density at radius 3 is 2.34 bits per heavy atom. The lowest BCUT2D eigenvalue weighted by Crippen LogP contribution is -2.14. The molecule has 0 fully saturated rings. The number of aromatic nitrogens is 3. The van der Waals surface area contributed by atoms with Gasteiger partial charge in [0.1, 0.15) is 11.0 Å². The van der Waals surface area contributed by atoms with Gasteiger partial charge in [-0.1, -0.05) is 17.7 Å². The van der Waals surface area contributed by atoms with E-state index in [1.54, 1.807) is 24.3 Å². The highest BCUT2D eigenvalue weighted by molar-refractivity contribution is 7.90. The van der Waals surface area contributed by atoms with Crippen LogP contribution >= 0.6 is 11.6 Å². The largest absolute Gasteiger partial charge is 0.322 e. The number of aromatic amines is 1. The quantitative estimate of drug-likeness (QED) is 0.409. The number of hydrogen-bond acceptors (Lipinski definition) is 6. The second kappa shape index (κ2) is 8.40. The lowest BCUT2D eigenvalue weighted by atomic mass is 10.1. The third-order valence-electron chi connectivity index (χ3n) is 4.58. The number of hydrogen-bond donors (Lipinski definition) is 3. The number of carbonyl (C=O) groups excluding carboxylic acids is 2. The number of carbonyl (C=O) groups is 2. The summed E-state index contributed by atoms with van der Waals surface area (Å²) in [5, 5.41) is 15.9. The molecule has 0 aliphatic rings. The lowest BCUT2D eigenvalue weighted by molar-refractivity contribution is 0.101. The fourth-order valence-electron chi connectivity index (χ4n) is 2.94. The number of benzene rings is 3. The van der Waals surface area contributed by atoms with Crippen molar-refractivity contribution in [1.29, 1.82) is 0 Å². The van der Waals surface area contributed by atoms with Crippen LogP contribution in [-0.4, -0.2) is 41.9 Å². The molecule has 0 saturated heterocycles. The Morgan fingerprint density at radius 2 is 1.59 bits per heavy atom. The van der Waals surface area contributed by atoms with Crippen LogP contribution in [-0.2, 0) is 9.84 Å².